The average Bonchev–Trinajstić information content (AvgIpc) is 3.28. The molecule has 3 nitrogen and oxygen atoms in total. The number of rotatable bonds is 4. The molecule has 1 saturated heterocycles. The van der Waals surface area contributed by atoms with E-state index < -0.39 is 0 Å². The molecule has 2 fully saturated rings. The molecule has 0 amide bonds. The van der Waals surface area contributed by atoms with Crippen LogP contribution in [0.15, 0.2) is 47.4 Å². The summed E-state index contributed by atoms with van der Waals surface area (Å²) in [4.78, 5) is 6.56. The van der Waals surface area contributed by atoms with Crippen molar-refractivity contribution in [2.45, 2.75) is 62.4 Å². The lowest BCUT2D eigenvalue weighted by atomic mass is 9.79. The zero-order chi connectivity index (χ0) is 21.4. The van der Waals surface area contributed by atoms with Gasteiger partial charge in [-0.1, -0.05) is 50.4 Å². The summed E-state index contributed by atoms with van der Waals surface area (Å²) in [5.41, 5.74) is 4.51. The molecule has 5 heteroatoms. The van der Waals surface area contributed by atoms with Gasteiger partial charge in [-0.3, -0.25) is 4.90 Å². The highest BCUT2D eigenvalue weighted by Crippen LogP contribution is 2.40. The van der Waals surface area contributed by atoms with Crippen LogP contribution in [0, 0.1) is 0 Å². The van der Waals surface area contributed by atoms with Crippen molar-refractivity contribution in [2.75, 3.05) is 37.6 Å². The smallest absolute Gasteiger partial charge is 0.0417 e. The van der Waals surface area contributed by atoms with E-state index in [-0.39, 0.29) is 5.41 Å². The van der Waals surface area contributed by atoms with Gasteiger partial charge in [-0.15, -0.1) is 0 Å². The van der Waals surface area contributed by atoms with Gasteiger partial charge in [0.2, 0.25) is 0 Å². The highest BCUT2D eigenvalue weighted by Gasteiger charge is 2.33. The molecule has 2 aromatic carbocycles. The Morgan fingerprint density at radius 1 is 0.968 bits per heavy atom. The first kappa shape index (κ1) is 21.6. The van der Waals surface area contributed by atoms with E-state index in [1.165, 1.54) is 60.5 Å². The monoisotopic (exact) mass is 455 g/mol. The van der Waals surface area contributed by atoms with E-state index in [0.717, 1.165) is 37.2 Å². The second-order valence-electron chi connectivity index (χ2n) is 10.0. The van der Waals surface area contributed by atoms with E-state index in [2.05, 4.69) is 58.3 Å². The predicted molar refractivity (Wildman–Crippen MR) is 133 cm³/mol. The molecule has 1 saturated carbocycles. The van der Waals surface area contributed by atoms with Crippen LogP contribution >= 0.6 is 23.5 Å². The minimum atomic E-state index is 0.138. The number of benzene rings is 2. The van der Waals surface area contributed by atoms with Crippen molar-refractivity contribution >= 4 is 29.2 Å². The van der Waals surface area contributed by atoms with E-state index in [1.54, 1.807) is 0 Å². The molecule has 31 heavy (non-hydrogen) atoms. The van der Waals surface area contributed by atoms with Crippen LogP contribution in [0.5, 0.6) is 0 Å². The lowest BCUT2D eigenvalue weighted by Gasteiger charge is -2.41. The zero-order valence-corrected chi connectivity index (χ0v) is 20.4. The summed E-state index contributed by atoms with van der Waals surface area (Å²) < 4.78 is 2.50. The van der Waals surface area contributed by atoms with Gasteiger partial charge in [-0.25, -0.2) is 4.31 Å². The largest absolute Gasteiger partial charge is 0.369 e. The second-order valence-corrected chi connectivity index (χ2v) is 11.6. The lowest BCUT2D eigenvalue weighted by Crippen LogP contribution is -2.49. The van der Waals surface area contributed by atoms with Gasteiger partial charge in [-0.05, 0) is 66.2 Å². The molecule has 0 aromatic heterocycles. The third kappa shape index (κ3) is 4.78. The van der Waals surface area contributed by atoms with E-state index in [0.29, 0.717) is 0 Å². The van der Waals surface area contributed by atoms with Crippen molar-refractivity contribution < 1.29 is 0 Å². The Morgan fingerprint density at radius 2 is 1.74 bits per heavy atom. The fourth-order valence-electron chi connectivity index (χ4n) is 5.69. The summed E-state index contributed by atoms with van der Waals surface area (Å²) in [6, 6.07) is 16.3. The molecular formula is C26H34ClN3S. The van der Waals surface area contributed by atoms with Gasteiger partial charge in [0.1, 0.15) is 0 Å². The molecule has 0 atom stereocenters. The molecule has 0 unspecified atom stereocenters. The Labute approximate surface area is 196 Å². The zero-order valence-electron chi connectivity index (χ0n) is 18.8. The minimum Gasteiger partial charge on any atom is -0.369 e. The Hall–Kier alpha value is -1.20. The maximum absolute atomic E-state index is 6.22. The first-order chi connectivity index (χ1) is 15.0. The molecule has 0 spiro atoms. The number of hydrogen-bond donors (Lipinski definition) is 0. The summed E-state index contributed by atoms with van der Waals surface area (Å²) in [5, 5.41) is 0.806. The number of nitrogens with zero attached hydrogens (tertiary/aromatic N) is 3. The third-order valence-electron chi connectivity index (χ3n) is 7.29. The lowest BCUT2D eigenvalue weighted by molar-refractivity contribution is 0.187. The summed E-state index contributed by atoms with van der Waals surface area (Å²) in [5.74, 6) is 0. The van der Waals surface area contributed by atoms with E-state index in [4.69, 9.17) is 11.6 Å². The van der Waals surface area contributed by atoms with Crippen molar-refractivity contribution in [3.8, 4) is 0 Å². The fraction of sp³-hybridized carbons (Fsp3) is 0.538. The number of fused-ring (bicyclic) bond motifs is 1. The van der Waals surface area contributed by atoms with Crippen LogP contribution in [0.4, 0.5) is 5.69 Å². The third-order valence-corrected chi connectivity index (χ3v) is 8.50. The van der Waals surface area contributed by atoms with E-state index in [1.807, 2.05) is 24.1 Å². The summed E-state index contributed by atoms with van der Waals surface area (Å²) in [6.07, 6.45) is 5.67. The SMILES string of the molecule is CC1(C)CN(Sc2cccc(Cl)c2)Cc2cc(N3CCN(C4CCCC4)CC3)ccc21. The average molecular weight is 456 g/mol. The molecule has 3 aliphatic rings. The summed E-state index contributed by atoms with van der Waals surface area (Å²) in [7, 11) is 0. The molecule has 0 radical (unpaired) electrons. The topological polar surface area (TPSA) is 9.72 Å². The second kappa shape index (κ2) is 8.97. The molecule has 1 aliphatic carbocycles. The highest BCUT2D eigenvalue weighted by atomic mass is 35.5. The minimum absolute atomic E-state index is 0.138. The van der Waals surface area contributed by atoms with Gasteiger partial charge in [-0.2, -0.15) is 0 Å². The number of hydrogen-bond acceptors (Lipinski definition) is 4. The van der Waals surface area contributed by atoms with Gasteiger partial charge in [0.15, 0.2) is 0 Å². The first-order valence-electron chi connectivity index (χ1n) is 11.8. The Bertz CT molecular complexity index is 917. The Balaban J connectivity index is 1.30. The van der Waals surface area contributed by atoms with Crippen molar-refractivity contribution in [2.24, 2.45) is 0 Å². The predicted octanol–water partition coefficient (Wildman–Crippen LogP) is 6.21. The molecule has 0 bridgehead atoms. The maximum Gasteiger partial charge on any atom is 0.0417 e. The van der Waals surface area contributed by atoms with Crippen LogP contribution < -0.4 is 4.90 Å². The van der Waals surface area contributed by atoms with Crippen LogP contribution in [-0.2, 0) is 12.0 Å². The highest BCUT2D eigenvalue weighted by molar-refractivity contribution is 7.97. The van der Waals surface area contributed by atoms with Crippen molar-refractivity contribution in [1.29, 1.82) is 0 Å². The van der Waals surface area contributed by atoms with Crippen molar-refractivity contribution in [3.63, 3.8) is 0 Å². The molecule has 2 heterocycles. The maximum atomic E-state index is 6.22. The van der Waals surface area contributed by atoms with Crippen LogP contribution in [0.3, 0.4) is 0 Å². The van der Waals surface area contributed by atoms with Gasteiger partial charge in [0.25, 0.3) is 0 Å². The standard InChI is InChI=1S/C26H34ClN3S/c1-26(2)19-30(31-24-9-5-6-21(27)17-24)18-20-16-23(10-11-25(20)26)29-14-12-28(13-15-29)22-7-3-4-8-22/h5-6,9-11,16-17,22H,3-4,7-8,12-15,18-19H2,1-2H3. The quantitative estimate of drug-likeness (QED) is 0.507. The van der Waals surface area contributed by atoms with Gasteiger partial charge in [0.05, 0.1) is 0 Å². The molecule has 0 N–H and O–H groups in total. The number of piperazine rings is 1. The van der Waals surface area contributed by atoms with Crippen molar-refractivity contribution in [3.05, 3.63) is 58.6 Å². The van der Waals surface area contributed by atoms with Crippen LogP contribution in [-0.4, -0.2) is 48.0 Å². The number of anilines is 1. The van der Waals surface area contributed by atoms with Crippen LogP contribution in [0.1, 0.15) is 50.7 Å². The van der Waals surface area contributed by atoms with Crippen LogP contribution in [0.2, 0.25) is 5.02 Å². The van der Waals surface area contributed by atoms with Crippen LogP contribution in [0.25, 0.3) is 0 Å². The van der Waals surface area contributed by atoms with E-state index in [9.17, 15) is 0 Å². The first-order valence-corrected chi connectivity index (χ1v) is 12.9. The fourth-order valence-corrected chi connectivity index (χ4v) is 7.16. The number of halogens is 1. The van der Waals surface area contributed by atoms with Gasteiger partial charge in [0, 0.05) is 66.3 Å². The van der Waals surface area contributed by atoms with Crippen molar-refractivity contribution in [1.82, 2.24) is 9.21 Å². The molecule has 5 rings (SSSR count). The van der Waals surface area contributed by atoms with Gasteiger partial charge >= 0.3 is 0 Å². The normalized spacial score (nSPS) is 22.6. The Kier molecular flexibility index (Phi) is 6.26. The Morgan fingerprint density at radius 3 is 2.48 bits per heavy atom. The summed E-state index contributed by atoms with van der Waals surface area (Å²) >= 11 is 8.05. The van der Waals surface area contributed by atoms with Gasteiger partial charge < -0.3 is 4.90 Å². The molecule has 2 aromatic rings. The molecule has 2 aliphatic heterocycles. The summed E-state index contributed by atoms with van der Waals surface area (Å²) in [6.45, 7) is 11.5. The molecular weight excluding hydrogens is 422 g/mol. The molecule has 166 valence electrons. The van der Waals surface area contributed by atoms with E-state index >= 15 is 0 Å².